The van der Waals surface area contributed by atoms with E-state index in [1.165, 1.54) is 12.1 Å². The molecule has 1 aromatic heterocycles. The number of aliphatic hydroxyl groups is 1. The number of hydrogen-bond acceptors (Lipinski definition) is 5. The van der Waals surface area contributed by atoms with Crippen LogP contribution in [0.2, 0.25) is 0 Å². The largest absolute Gasteiger partial charge is 0.511 e. The number of nitrogens with zero attached hydrogens (tertiary/aromatic N) is 2. The summed E-state index contributed by atoms with van der Waals surface area (Å²) in [6.07, 6.45) is 2.43. The standard InChI is InChI=1S/C23H23FN4O3.ClH/c24-16-12-14(7-8-20(16)31-13-15-4-3-10-25-15)26-23(30)21-19(29)9-11-28-18-6-2-1-5-17(18)27-22(21)28;/h1-2,5-8,12,15,25,29H,3-4,9-11,13H2,(H,26,30);1H/t15-;/m1./s1. The fourth-order valence-electron chi connectivity index (χ4n) is 4.18. The van der Waals surface area contributed by atoms with Gasteiger partial charge in [-0.1, -0.05) is 12.1 Å². The molecule has 5 rings (SSSR count). The molecule has 2 aromatic carbocycles. The lowest BCUT2D eigenvalue weighted by atomic mass is 10.1. The summed E-state index contributed by atoms with van der Waals surface area (Å²) in [6, 6.07) is 12.1. The Morgan fingerprint density at radius 3 is 2.94 bits per heavy atom. The minimum Gasteiger partial charge on any atom is -0.511 e. The van der Waals surface area contributed by atoms with E-state index in [2.05, 4.69) is 15.6 Å². The molecule has 3 heterocycles. The number of benzene rings is 2. The third-order valence-electron chi connectivity index (χ3n) is 5.76. The van der Waals surface area contributed by atoms with Crippen molar-refractivity contribution < 1.29 is 19.0 Å². The number of ether oxygens (including phenoxy) is 1. The molecule has 1 atom stereocenters. The molecule has 0 radical (unpaired) electrons. The number of fused-ring (bicyclic) bond motifs is 3. The Hall–Kier alpha value is -3.10. The van der Waals surface area contributed by atoms with E-state index in [9.17, 15) is 14.3 Å². The molecule has 1 saturated heterocycles. The van der Waals surface area contributed by atoms with Crippen LogP contribution >= 0.6 is 12.4 Å². The molecule has 2 aliphatic rings. The SMILES string of the molecule is Cl.O=C(Nc1ccc(OC[C@H]2CCCN2)c(F)c1)C1=C(O)CCn2c1nc1ccccc12. The van der Waals surface area contributed by atoms with Gasteiger partial charge in [-0.05, 0) is 43.7 Å². The third-order valence-corrected chi connectivity index (χ3v) is 5.76. The van der Waals surface area contributed by atoms with E-state index in [1.807, 2.05) is 28.8 Å². The first kappa shape index (κ1) is 22.1. The van der Waals surface area contributed by atoms with Crippen LogP contribution in [0.3, 0.4) is 0 Å². The van der Waals surface area contributed by atoms with Crippen LogP contribution in [0, 0.1) is 5.82 Å². The summed E-state index contributed by atoms with van der Waals surface area (Å²) in [5.41, 5.74) is 2.04. The molecule has 0 aliphatic carbocycles. The molecule has 0 saturated carbocycles. The maximum absolute atomic E-state index is 14.5. The number of imidazole rings is 1. The quantitative estimate of drug-likeness (QED) is 0.537. The lowest BCUT2D eigenvalue weighted by molar-refractivity contribution is -0.111. The van der Waals surface area contributed by atoms with Crippen molar-refractivity contribution in [3.05, 3.63) is 59.9 Å². The van der Waals surface area contributed by atoms with Crippen molar-refractivity contribution in [3.8, 4) is 5.75 Å². The van der Waals surface area contributed by atoms with E-state index in [4.69, 9.17) is 4.74 Å². The number of carbonyl (C=O) groups is 1. The van der Waals surface area contributed by atoms with Gasteiger partial charge >= 0.3 is 0 Å². The van der Waals surface area contributed by atoms with Crippen molar-refractivity contribution in [2.75, 3.05) is 18.5 Å². The van der Waals surface area contributed by atoms with Crippen molar-refractivity contribution in [2.45, 2.75) is 31.8 Å². The normalized spacial score (nSPS) is 17.7. The molecule has 0 unspecified atom stereocenters. The Bertz CT molecular complexity index is 1190. The molecule has 32 heavy (non-hydrogen) atoms. The number of aryl methyl sites for hydroxylation is 1. The monoisotopic (exact) mass is 458 g/mol. The topological polar surface area (TPSA) is 88.4 Å². The smallest absolute Gasteiger partial charge is 0.262 e. The molecular weight excluding hydrogens is 435 g/mol. The lowest BCUT2D eigenvalue weighted by Gasteiger charge is -2.19. The van der Waals surface area contributed by atoms with Crippen LogP contribution in [0.15, 0.2) is 48.2 Å². The average Bonchev–Trinajstić information content (AvgIpc) is 3.40. The molecule has 9 heteroatoms. The van der Waals surface area contributed by atoms with Crippen LogP contribution < -0.4 is 15.4 Å². The van der Waals surface area contributed by atoms with Gasteiger partial charge in [0.2, 0.25) is 0 Å². The second-order valence-electron chi connectivity index (χ2n) is 7.85. The zero-order valence-corrected chi connectivity index (χ0v) is 18.1. The highest BCUT2D eigenvalue weighted by Gasteiger charge is 2.28. The first-order valence-electron chi connectivity index (χ1n) is 10.4. The first-order chi connectivity index (χ1) is 15.1. The Morgan fingerprint density at radius 1 is 1.31 bits per heavy atom. The molecule has 3 N–H and O–H groups in total. The molecule has 3 aromatic rings. The van der Waals surface area contributed by atoms with Gasteiger partial charge < -0.3 is 25.0 Å². The lowest BCUT2D eigenvalue weighted by Crippen LogP contribution is -2.28. The van der Waals surface area contributed by atoms with Crippen LogP contribution in [0.4, 0.5) is 10.1 Å². The van der Waals surface area contributed by atoms with Gasteiger partial charge in [0.25, 0.3) is 5.91 Å². The summed E-state index contributed by atoms with van der Waals surface area (Å²) >= 11 is 0. The third kappa shape index (κ3) is 4.16. The van der Waals surface area contributed by atoms with Gasteiger partial charge in [0.05, 0.1) is 11.0 Å². The molecule has 1 amide bonds. The van der Waals surface area contributed by atoms with E-state index in [1.54, 1.807) is 6.07 Å². The number of aliphatic hydroxyl groups excluding tert-OH is 1. The number of hydrogen-bond donors (Lipinski definition) is 3. The van der Waals surface area contributed by atoms with Crippen LogP contribution in [-0.4, -0.2) is 39.8 Å². The van der Waals surface area contributed by atoms with Gasteiger partial charge in [-0.25, -0.2) is 9.37 Å². The summed E-state index contributed by atoms with van der Waals surface area (Å²) < 4.78 is 22.0. The minimum atomic E-state index is -0.551. The predicted molar refractivity (Wildman–Crippen MR) is 123 cm³/mol. The molecule has 7 nitrogen and oxygen atoms in total. The fourth-order valence-corrected chi connectivity index (χ4v) is 4.18. The Morgan fingerprint density at radius 2 is 2.16 bits per heavy atom. The van der Waals surface area contributed by atoms with E-state index < -0.39 is 11.7 Å². The van der Waals surface area contributed by atoms with E-state index in [0.29, 0.717) is 25.4 Å². The number of halogens is 2. The van der Waals surface area contributed by atoms with E-state index in [0.717, 1.165) is 30.4 Å². The second kappa shape index (κ2) is 9.18. The maximum atomic E-state index is 14.5. The number of carbonyl (C=O) groups excluding carboxylic acids is 1. The number of allylic oxidation sites excluding steroid dienone is 1. The number of para-hydroxylation sites is 2. The summed E-state index contributed by atoms with van der Waals surface area (Å²) in [6.45, 7) is 1.90. The Balaban J connectivity index is 0.00000245. The van der Waals surface area contributed by atoms with Gasteiger partial charge in [0.15, 0.2) is 11.6 Å². The van der Waals surface area contributed by atoms with Gasteiger partial charge in [-0.2, -0.15) is 0 Å². The summed E-state index contributed by atoms with van der Waals surface area (Å²) in [5.74, 6) is -0.549. The van der Waals surface area contributed by atoms with Crippen LogP contribution in [0.1, 0.15) is 25.1 Å². The van der Waals surface area contributed by atoms with Crippen molar-refractivity contribution in [1.82, 2.24) is 14.9 Å². The maximum Gasteiger partial charge on any atom is 0.262 e. The van der Waals surface area contributed by atoms with Gasteiger partial charge in [0.1, 0.15) is 23.8 Å². The molecule has 2 aliphatic heterocycles. The Kier molecular flexibility index (Phi) is 6.34. The number of aromatic nitrogens is 2. The van der Waals surface area contributed by atoms with Crippen molar-refractivity contribution in [1.29, 1.82) is 0 Å². The Labute approximate surface area is 190 Å². The summed E-state index contributed by atoms with van der Waals surface area (Å²) in [4.78, 5) is 17.5. The highest BCUT2D eigenvalue weighted by atomic mass is 35.5. The van der Waals surface area contributed by atoms with Crippen LogP contribution in [0.5, 0.6) is 5.75 Å². The van der Waals surface area contributed by atoms with E-state index >= 15 is 0 Å². The minimum absolute atomic E-state index is 0. The first-order valence-corrected chi connectivity index (χ1v) is 10.4. The molecule has 168 valence electrons. The van der Waals surface area contributed by atoms with Crippen molar-refractivity contribution >= 4 is 40.6 Å². The van der Waals surface area contributed by atoms with Gasteiger partial charge in [0, 0.05) is 30.8 Å². The van der Waals surface area contributed by atoms with Crippen molar-refractivity contribution in [2.24, 2.45) is 0 Å². The van der Waals surface area contributed by atoms with Crippen molar-refractivity contribution in [3.63, 3.8) is 0 Å². The zero-order chi connectivity index (χ0) is 21.4. The fraction of sp³-hybridized carbons (Fsp3) is 0.304. The van der Waals surface area contributed by atoms with Crippen LogP contribution in [-0.2, 0) is 11.3 Å². The zero-order valence-electron chi connectivity index (χ0n) is 17.3. The molecular formula is C23H24ClFN4O3. The predicted octanol–water partition coefficient (Wildman–Crippen LogP) is 4.04. The number of rotatable bonds is 5. The van der Waals surface area contributed by atoms with Gasteiger partial charge in [-0.3, -0.25) is 4.79 Å². The van der Waals surface area contributed by atoms with Gasteiger partial charge in [-0.15, -0.1) is 12.4 Å². The number of nitrogens with one attached hydrogen (secondary N) is 2. The number of amides is 1. The molecule has 1 fully saturated rings. The number of anilines is 1. The average molecular weight is 459 g/mol. The molecule has 0 spiro atoms. The van der Waals surface area contributed by atoms with Crippen LogP contribution in [0.25, 0.3) is 16.6 Å². The summed E-state index contributed by atoms with van der Waals surface area (Å²) in [7, 11) is 0. The highest BCUT2D eigenvalue weighted by Crippen LogP contribution is 2.31. The summed E-state index contributed by atoms with van der Waals surface area (Å²) in [5, 5.41) is 16.4. The highest BCUT2D eigenvalue weighted by molar-refractivity contribution is 6.25. The van der Waals surface area contributed by atoms with E-state index in [-0.39, 0.29) is 41.2 Å². The second-order valence-corrected chi connectivity index (χ2v) is 7.85. The molecule has 0 bridgehead atoms.